The number of halogens is 1. The molecule has 0 aliphatic carbocycles. The third-order valence-electron chi connectivity index (χ3n) is 4.96. The number of pyridine rings is 1. The van der Waals surface area contributed by atoms with E-state index in [1.54, 1.807) is 6.07 Å². The van der Waals surface area contributed by atoms with E-state index in [0.29, 0.717) is 18.4 Å². The van der Waals surface area contributed by atoms with E-state index in [0.717, 1.165) is 0 Å². The van der Waals surface area contributed by atoms with Crippen molar-refractivity contribution in [2.24, 2.45) is 5.92 Å². The molecule has 0 atom stereocenters. The van der Waals surface area contributed by atoms with Gasteiger partial charge in [-0.25, -0.2) is 12.8 Å². The highest BCUT2D eigenvalue weighted by Gasteiger charge is 2.33. The van der Waals surface area contributed by atoms with Gasteiger partial charge < -0.3 is 9.26 Å². The molecule has 3 aromatic rings. The number of nitrogens with zero attached hydrogens (tertiary/aromatic N) is 4. The van der Waals surface area contributed by atoms with E-state index in [2.05, 4.69) is 15.1 Å². The van der Waals surface area contributed by atoms with Gasteiger partial charge >= 0.3 is 5.97 Å². The highest BCUT2D eigenvalue weighted by Crippen LogP contribution is 2.24. The quantitative estimate of drug-likeness (QED) is 0.530. The number of rotatable bonds is 6. The summed E-state index contributed by atoms with van der Waals surface area (Å²) in [4.78, 5) is 20.5. The molecule has 0 bridgehead atoms. The van der Waals surface area contributed by atoms with E-state index in [4.69, 9.17) is 9.26 Å². The monoisotopic (exact) mass is 446 g/mol. The minimum Gasteiger partial charge on any atom is -0.457 e. The van der Waals surface area contributed by atoms with Gasteiger partial charge in [0.25, 0.3) is 5.89 Å². The van der Waals surface area contributed by atoms with E-state index < -0.39 is 21.9 Å². The molecule has 0 unspecified atom stereocenters. The van der Waals surface area contributed by atoms with Crippen molar-refractivity contribution in [1.82, 2.24) is 19.4 Å². The fraction of sp³-hybridized carbons (Fsp3) is 0.300. The van der Waals surface area contributed by atoms with Gasteiger partial charge in [-0.15, -0.1) is 0 Å². The topological polar surface area (TPSA) is 115 Å². The molecular weight excluding hydrogens is 427 g/mol. The SMILES string of the molecule is O=C(OCc1noc(-c2ccc(F)cc2)n1)C1CCN(S(=O)(=O)c2cccnc2)CC1. The first-order valence-electron chi connectivity index (χ1n) is 9.59. The molecule has 1 aromatic carbocycles. The number of carbonyl (C=O) groups excluding carboxylic acids is 1. The molecule has 1 aliphatic rings. The van der Waals surface area contributed by atoms with Gasteiger partial charge in [-0.1, -0.05) is 5.16 Å². The minimum absolute atomic E-state index is 0.130. The van der Waals surface area contributed by atoms with Crippen LogP contribution >= 0.6 is 0 Å². The summed E-state index contributed by atoms with van der Waals surface area (Å²) in [6.45, 7) is 0.263. The van der Waals surface area contributed by atoms with Crippen molar-refractivity contribution >= 4 is 16.0 Å². The highest BCUT2D eigenvalue weighted by atomic mass is 32.2. The molecule has 0 radical (unpaired) electrons. The van der Waals surface area contributed by atoms with E-state index in [-0.39, 0.29) is 42.1 Å². The van der Waals surface area contributed by atoms with Gasteiger partial charge in [0.2, 0.25) is 15.8 Å². The Morgan fingerprint density at radius 3 is 2.61 bits per heavy atom. The average Bonchev–Trinajstić information content (AvgIpc) is 3.28. The van der Waals surface area contributed by atoms with Crippen molar-refractivity contribution in [2.45, 2.75) is 24.3 Å². The zero-order valence-electron chi connectivity index (χ0n) is 16.3. The normalized spacial score (nSPS) is 15.6. The van der Waals surface area contributed by atoms with Crippen molar-refractivity contribution in [3.63, 3.8) is 0 Å². The van der Waals surface area contributed by atoms with Crippen LogP contribution in [0.2, 0.25) is 0 Å². The van der Waals surface area contributed by atoms with E-state index >= 15 is 0 Å². The summed E-state index contributed by atoms with van der Waals surface area (Å²) in [6.07, 6.45) is 3.52. The molecule has 1 saturated heterocycles. The molecule has 9 nitrogen and oxygen atoms in total. The Labute approximate surface area is 177 Å². The summed E-state index contributed by atoms with van der Waals surface area (Å²) in [7, 11) is -3.63. The first kappa shape index (κ1) is 21.1. The smallest absolute Gasteiger partial charge is 0.309 e. The number of ether oxygens (including phenoxy) is 1. The largest absolute Gasteiger partial charge is 0.457 e. The molecule has 31 heavy (non-hydrogen) atoms. The van der Waals surface area contributed by atoms with Gasteiger partial charge in [-0.3, -0.25) is 9.78 Å². The van der Waals surface area contributed by atoms with Crippen molar-refractivity contribution in [2.75, 3.05) is 13.1 Å². The molecule has 0 N–H and O–H groups in total. The maximum Gasteiger partial charge on any atom is 0.309 e. The molecule has 162 valence electrons. The van der Waals surface area contributed by atoms with Crippen molar-refractivity contribution in [1.29, 1.82) is 0 Å². The molecule has 0 saturated carbocycles. The minimum atomic E-state index is -3.63. The Morgan fingerprint density at radius 2 is 1.94 bits per heavy atom. The lowest BCUT2D eigenvalue weighted by Crippen LogP contribution is -2.40. The van der Waals surface area contributed by atoms with Crippen LogP contribution in [0.25, 0.3) is 11.5 Å². The molecule has 0 amide bonds. The lowest BCUT2D eigenvalue weighted by molar-refractivity contribution is -0.151. The molecular formula is C20H19FN4O5S. The van der Waals surface area contributed by atoms with Gasteiger partial charge in [-0.2, -0.15) is 9.29 Å². The fourth-order valence-corrected chi connectivity index (χ4v) is 4.69. The van der Waals surface area contributed by atoms with Crippen molar-refractivity contribution < 1.29 is 26.9 Å². The van der Waals surface area contributed by atoms with Crippen molar-refractivity contribution in [3.8, 4) is 11.5 Å². The first-order chi connectivity index (χ1) is 14.9. The Balaban J connectivity index is 1.29. The second-order valence-electron chi connectivity index (χ2n) is 7.00. The van der Waals surface area contributed by atoms with Crippen molar-refractivity contribution in [3.05, 3.63) is 60.4 Å². The molecule has 3 heterocycles. The van der Waals surface area contributed by atoms with Gasteiger partial charge in [0.1, 0.15) is 10.7 Å². The molecule has 11 heteroatoms. The van der Waals surface area contributed by atoms with Crippen LogP contribution < -0.4 is 0 Å². The predicted molar refractivity (Wildman–Crippen MR) is 105 cm³/mol. The summed E-state index contributed by atoms with van der Waals surface area (Å²) in [5.74, 6) is -0.851. The Kier molecular flexibility index (Phi) is 6.05. The third-order valence-corrected chi connectivity index (χ3v) is 6.84. The van der Waals surface area contributed by atoms with Crippen LogP contribution in [0.4, 0.5) is 4.39 Å². The molecule has 2 aromatic heterocycles. The standard InChI is InChI=1S/C20H19FN4O5S/c21-16-5-3-14(4-6-16)19-23-18(24-30-19)13-29-20(26)15-7-10-25(11-8-15)31(27,28)17-2-1-9-22-12-17/h1-6,9,12,15H,7-8,10-11,13H2. The zero-order valence-corrected chi connectivity index (χ0v) is 17.2. The zero-order chi connectivity index (χ0) is 21.8. The van der Waals surface area contributed by atoms with Crippen LogP contribution in [0.1, 0.15) is 18.7 Å². The van der Waals surface area contributed by atoms with Gasteiger partial charge in [0.15, 0.2) is 6.61 Å². The Bertz CT molecular complexity index is 1140. The van der Waals surface area contributed by atoms with Crippen LogP contribution in [0.3, 0.4) is 0 Å². The average molecular weight is 446 g/mol. The summed E-state index contributed by atoms with van der Waals surface area (Å²) >= 11 is 0. The Hall–Kier alpha value is -3.18. The molecule has 1 aliphatic heterocycles. The number of esters is 1. The van der Waals surface area contributed by atoms with Gasteiger partial charge in [0.05, 0.1) is 5.92 Å². The number of carbonyl (C=O) groups is 1. The van der Waals surface area contributed by atoms with Gasteiger partial charge in [-0.05, 0) is 49.2 Å². The second-order valence-corrected chi connectivity index (χ2v) is 8.94. The lowest BCUT2D eigenvalue weighted by atomic mass is 9.98. The third kappa shape index (κ3) is 4.78. The van der Waals surface area contributed by atoms with Crippen LogP contribution in [0, 0.1) is 11.7 Å². The first-order valence-corrected chi connectivity index (χ1v) is 11.0. The summed E-state index contributed by atoms with van der Waals surface area (Å²) in [6, 6.07) is 8.63. The van der Waals surface area contributed by atoms with Crippen LogP contribution in [0.15, 0.2) is 58.2 Å². The van der Waals surface area contributed by atoms with E-state index in [1.807, 2.05) is 0 Å². The summed E-state index contributed by atoms with van der Waals surface area (Å²) in [5.41, 5.74) is 0.550. The number of sulfonamides is 1. The van der Waals surface area contributed by atoms with Crippen LogP contribution in [-0.4, -0.2) is 46.9 Å². The van der Waals surface area contributed by atoms with E-state index in [9.17, 15) is 17.6 Å². The Morgan fingerprint density at radius 1 is 1.19 bits per heavy atom. The number of benzene rings is 1. The number of piperidine rings is 1. The summed E-state index contributed by atoms with van der Waals surface area (Å²) < 4.78 is 50.0. The maximum atomic E-state index is 13.0. The molecule has 0 spiro atoms. The number of hydrogen-bond donors (Lipinski definition) is 0. The lowest BCUT2D eigenvalue weighted by Gasteiger charge is -2.29. The second kappa shape index (κ2) is 8.90. The highest BCUT2D eigenvalue weighted by molar-refractivity contribution is 7.89. The molecule has 1 fully saturated rings. The van der Waals surface area contributed by atoms with Crippen LogP contribution in [0.5, 0.6) is 0 Å². The maximum absolute atomic E-state index is 13.0. The predicted octanol–water partition coefficient (Wildman–Crippen LogP) is 2.41. The number of hydrogen-bond acceptors (Lipinski definition) is 8. The van der Waals surface area contributed by atoms with Gasteiger partial charge in [0, 0.05) is 31.0 Å². The van der Waals surface area contributed by atoms with Crippen LogP contribution in [-0.2, 0) is 26.2 Å². The summed E-state index contributed by atoms with van der Waals surface area (Å²) in [5, 5.41) is 3.76. The fourth-order valence-electron chi connectivity index (χ4n) is 3.26. The van der Waals surface area contributed by atoms with E-state index in [1.165, 1.54) is 47.0 Å². The molecule has 4 rings (SSSR count). The number of aromatic nitrogens is 3.